The maximum atomic E-state index is 13.5. The van der Waals surface area contributed by atoms with Crippen molar-refractivity contribution in [1.82, 2.24) is 5.32 Å². The third-order valence-corrected chi connectivity index (χ3v) is 7.91. The molecule has 0 saturated heterocycles. The van der Waals surface area contributed by atoms with Gasteiger partial charge in [-0.2, -0.15) is 0 Å². The highest BCUT2D eigenvalue weighted by atomic mass is 35.5. The molecule has 0 spiro atoms. The molecule has 1 atom stereocenters. The van der Waals surface area contributed by atoms with Crippen LogP contribution in [0.3, 0.4) is 0 Å². The molecule has 4 aromatic rings. The number of hydrogen-bond acceptors (Lipinski definition) is 7. The summed E-state index contributed by atoms with van der Waals surface area (Å²) in [6.07, 6.45) is 1.50. The minimum atomic E-state index is -0.579. The number of halogens is 2. The third kappa shape index (κ3) is 8.80. The van der Waals surface area contributed by atoms with E-state index in [0.717, 1.165) is 4.90 Å². The Bertz CT molecular complexity index is 1730. The predicted octanol–water partition coefficient (Wildman–Crippen LogP) is 7.03. The normalized spacial score (nSPS) is 11.7. The van der Waals surface area contributed by atoms with Gasteiger partial charge in [0, 0.05) is 21.8 Å². The van der Waals surface area contributed by atoms with Gasteiger partial charge in [0.15, 0.2) is 11.5 Å². The smallest absolute Gasteiger partial charge is 0.272 e. The fourth-order valence-electron chi connectivity index (χ4n) is 4.18. The minimum Gasteiger partial charge on any atom is -0.493 e. The first-order chi connectivity index (χ1) is 22.1. The van der Waals surface area contributed by atoms with Crippen molar-refractivity contribution >= 4 is 58.5 Å². The van der Waals surface area contributed by atoms with Crippen LogP contribution in [0, 0.1) is 5.82 Å². The highest BCUT2D eigenvalue weighted by molar-refractivity contribution is 8.00. The highest BCUT2D eigenvalue weighted by Crippen LogP contribution is 2.38. The van der Waals surface area contributed by atoms with Crippen molar-refractivity contribution in [3.8, 4) is 17.2 Å². The van der Waals surface area contributed by atoms with Crippen molar-refractivity contribution in [3.05, 3.63) is 113 Å². The number of benzene rings is 4. The molecular formula is C34H31ClFN3O6S. The first kappa shape index (κ1) is 33.9. The van der Waals surface area contributed by atoms with Gasteiger partial charge in [-0.05, 0) is 85.3 Å². The number of thioether (sulfide) groups is 1. The number of methoxy groups -OCH3 is 3. The predicted molar refractivity (Wildman–Crippen MR) is 178 cm³/mol. The monoisotopic (exact) mass is 663 g/mol. The molecule has 0 bridgehead atoms. The lowest BCUT2D eigenvalue weighted by molar-refractivity contribution is -0.115. The van der Waals surface area contributed by atoms with E-state index in [9.17, 15) is 18.8 Å². The zero-order valence-corrected chi connectivity index (χ0v) is 26.9. The molecule has 0 heterocycles. The molecule has 0 aliphatic heterocycles. The largest absolute Gasteiger partial charge is 0.493 e. The molecule has 0 fully saturated rings. The van der Waals surface area contributed by atoms with Crippen LogP contribution in [0.5, 0.6) is 17.2 Å². The van der Waals surface area contributed by atoms with Crippen LogP contribution in [0.15, 0.2) is 95.5 Å². The SMILES string of the molecule is COc1cc(/C=C(\NC(=O)c2ccccc2)C(=O)Nc2ccc(SC(C)C(=O)Nc3ccc(F)c(Cl)c3)cc2)cc(OC)c1OC. The van der Waals surface area contributed by atoms with Crippen LogP contribution >= 0.6 is 23.4 Å². The van der Waals surface area contributed by atoms with Gasteiger partial charge < -0.3 is 30.2 Å². The Morgan fingerprint density at radius 3 is 2.04 bits per heavy atom. The standard InChI is InChI=1S/C34H31ClFN3O6S/c1-20(32(40)38-24-12-15-27(36)26(35)19-24)46-25-13-10-23(11-14-25)37-34(42)28(39-33(41)22-8-6-5-7-9-22)16-21-17-29(43-2)31(45-4)30(18-21)44-3/h5-20H,1-4H3,(H,37,42)(H,38,40)(H,39,41)/b28-16-. The van der Waals surface area contributed by atoms with E-state index in [-0.39, 0.29) is 16.6 Å². The molecule has 0 aliphatic rings. The van der Waals surface area contributed by atoms with Crippen LogP contribution in [0.1, 0.15) is 22.8 Å². The van der Waals surface area contributed by atoms with Gasteiger partial charge in [-0.3, -0.25) is 14.4 Å². The van der Waals surface area contributed by atoms with E-state index < -0.39 is 22.9 Å². The molecule has 0 aromatic heterocycles. The second-order valence-electron chi connectivity index (χ2n) is 9.69. The van der Waals surface area contributed by atoms with E-state index in [0.29, 0.717) is 39.8 Å². The molecular weight excluding hydrogens is 633 g/mol. The van der Waals surface area contributed by atoms with Gasteiger partial charge in [0.25, 0.3) is 11.8 Å². The van der Waals surface area contributed by atoms with Gasteiger partial charge in [-0.1, -0.05) is 29.8 Å². The van der Waals surface area contributed by atoms with Crippen LogP contribution in [-0.2, 0) is 9.59 Å². The van der Waals surface area contributed by atoms with Crippen molar-refractivity contribution < 1.29 is 33.0 Å². The number of hydrogen-bond donors (Lipinski definition) is 3. The Morgan fingerprint density at radius 1 is 0.826 bits per heavy atom. The summed E-state index contributed by atoms with van der Waals surface area (Å²) in [5.74, 6) is -0.788. The zero-order valence-electron chi connectivity index (χ0n) is 25.4. The number of amides is 3. The Labute approximate surface area is 275 Å². The van der Waals surface area contributed by atoms with E-state index in [2.05, 4.69) is 16.0 Å². The van der Waals surface area contributed by atoms with Crippen molar-refractivity contribution in [2.45, 2.75) is 17.1 Å². The van der Waals surface area contributed by atoms with Crippen LogP contribution < -0.4 is 30.2 Å². The zero-order chi connectivity index (χ0) is 33.2. The van der Waals surface area contributed by atoms with Crippen LogP contribution in [-0.4, -0.2) is 44.3 Å². The topological polar surface area (TPSA) is 115 Å². The Balaban J connectivity index is 1.51. The molecule has 3 amide bonds. The van der Waals surface area contributed by atoms with E-state index in [1.54, 1.807) is 73.7 Å². The summed E-state index contributed by atoms with van der Waals surface area (Å²) in [5.41, 5.74) is 1.68. The molecule has 46 heavy (non-hydrogen) atoms. The lowest BCUT2D eigenvalue weighted by atomic mass is 10.1. The fourth-order valence-corrected chi connectivity index (χ4v) is 5.23. The molecule has 1 unspecified atom stereocenters. The second kappa shape index (κ2) is 15.8. The van der Waals surface area contributed by atoms with Crippen molar-refractivity contribution in [3.63, 3.8) is 0 Å². The van der Waals surface area contributed by atoms with E-state index in [1.807, 2.05) is 0 Å². The average Bonchev–Trinajstić information content (AvgIpc) is 3.06. The lowest BCUT2D eigenvalue weighted by Crippen LogP contribution is -2.30. The van der Waals surface area contributed by atoms with Crippen molar-refractivity contribution in [2.75, 3.05) is 32.0 Å². The summed E-state index contributed by atoms with van der Waals surface area (Å²) in [6.45, 7) is 1.73. The number of rotatable bonds is 12. The number of carbonyl (C=O) groups is 3. The van der Waals surface area contributed by atoms with Crippen LogP contribution in [0.2, 0.25) is 5.02 Å². The van der Waals surface area contributed by atoms with E-state index in [1.165, 1.54) is 57.4 Å². The Kier molecular flexibility index (Phi) is 11.7. The second-order valence-corrected chi connectivity index (χ2v) is 11.5. The maximum Gasteiger partial charge on any atom is 0.272 e. The highest BCUT2D eigenvalue weighted by Gasteiger charge is 2.19. The van der Waals surface area contributed by atoms with Gasteiger partial charge in [-0.25, -0.2) is 4.39 Å². The summed E-state index contributed by atoms with van der Waals surface area (Å²) in [6, 6.07) is 22.6. The molecule has 0 radical (unpaired) electrons. The Morgan fingerprint density at radius 2 is 1.46 bits per heavy atom. The molecule has 9 nitrogen and oxygen atoms in total. The maximum absolute atomic E-state index is 13.5. The number of nitrogens with one attached hydrogen (secondary N) is 3. The van der Waals surface area contributed by atoms with Gasteiger partial charge >= 0.3 is 0 Å². The van der Waals surface area contributed by atoms with Gasteiger partial charge in [0.1, 0.15) is 11.5 Å². The van der Waals surface area contributed by atoms with E-state index >= 15 is 0 Å². The van der Waals surface area contributed by atoms with Gasteiger partial charge in [0.2, 0.25) is 11.7 Å². The summed E-state index contributed by atoms with van der Waals surface area (Å²) in [4.78, 5) is 40.0. The van der Waals surface area contributed by atoms with Crippen LogP contribution in [0.4, 0.5) is 15.8 Å². The summed E-state index contributed by atoms with van der Waals surface area (Å²) in [7, 11) is 4.44. The van der Waals surface area contributed by atoms with Crippen molar-refractivity contribution in [1.29, 1.82) is 0 Å². The molecule has 238 valence electrons. The first-order valence-electron chi connectivity index (χ1n) is 13.8. The van der Waals surface area contributed by atoms with Gasteiger partial charge in [-0.15, -0.1) is 11.8 Å². The fraction of sp³-hybridized carbons (Fsp3) is 0.147. The molecule has 0 aliphatic carbocycles. The van der Waals surface area contributed by atoms with Gasteiger partial charge in [0.05, 0.1) is 31.6 Å². The lowest BCUT2D eigenvalue weighted by Gasteiger charge is -2.15. The van der Waals surface area contributed by atoms with Crippen LogP contribution in [0.25, 0.3) is 6.08 Å². The number of ether oxygens (including phenoxy) is 3. The van der Waals surface area contributed by atoms with Crippen molar-refractivity contribution in [2.24, 2.45) is 0 Å². The molecule has 4 rings (SSSR count). The summed E-state index contributed by atoms with van der Waals surface area (Å²) < 4.78 is 29.7. The summed E-state index contributed by atoms with van der Waals surface area (Å²) in [5, 5.41) is 7.64. The molecule has 0 saturated carbocycles. The Hall–Kier alpha value is -5.00. The third-order valence-electron chi connectivity index (χ3n) is 6.51. The first-order valence-corrected chi connectivity index (χ1v) is 15.1. The molecule has 3 N–H and O–H groups in total. The summed E-state index contributed by atoms with van der Waals surface area (Å²) >= 11 is 7.10. The molecule has 4 aromatic carbocycles. The number of anilines is 2. The van der Waals surface area contributed by atoms with E-state index in [4.69, 9.17) is 25.8 Å². The minimum absolute atomic E-state index is 0.0345. The number of carbonyl (C=O) groups excluding carboxylic acids is 3. The molecule has 12 heteroatoms. The average molecular weight is 664 g/mol. The quantitative estimate of drug-likeness (QED) is 0.110.